The van der Waals surface area contributed by atoms with Gasteiger partial charge >= 0.3 is 29.5 Å². The number of benzene rings is 4. The molecule has 63 heavy (non-hydrogen) atoms. The maximum atomic E-state index is 15.1. The number of hydrogen-bond donors (Lipinski definition) is 0. The van der Waals surface area contributed by atoms with Crippen LogP contribution in [-0.4, -0.2) is 92.3 Å². The van der Waals surface area contributed by atoms with Crippen molar-refractivity contribution in [3.63, 3.8) is 0 Å². The number of amidine groups is 4. The summed E-state index contributed by atoms with van der Waals surface area (Å²) in [5, 5.41) is 2.60. The highest BCUT2D eigenvalue weighted by atomic mass is 35.5. The third kappa shape index (κ3) is 6.59. The van der Waals surface area contributed by atoms with Gasteiger partial charge in [0.05, 0.1) is 0 Å². The normalized spacial score (nSPS) is 18.8. The molecule has 4 aromatic carbocycles. The zero-order chi connectivity index (χ0) is 44.3. The second kappa shape index (κ2) is 15.2. The molecule has 0 saturated heterocycles. The first kappa shape index (κ1) is 42.3. The molecule has 0 saturated carbocycles. The van der Waals surface area contributed by atoms with Crippen molar-refractivity contribution in [1.29, 1.82) is 0 Å². The van der Waals surface area contributed by atoms with Crippen molar-refractivity contribution >= 4 is 132 Å². The third-order valence-corrected chi connectivity index (χ3v) is 19.6. The maximum Gasteiger partial charge on any atom is 0.634 e. The lowest BCUT2D eigenvalue weighted by Gasteiger charge is -2.34. The summed E-state index contributed by atoms with van der Waals surface area (Å²) in [6, 6.07) is 20.0. The lowest BCUT2D eigenvalue weighted by Crippen LogP contribution is -2.67. The first-order valence-electron chi connectivity index (χ1n) is 19.6. The first-order valence-corrected chi connectivity index (χ1v) is 25.6. The van der Waals surface area contributed by atoms with E-state index in [1.807, 2.05) is 0 Å². The van der Waals surface area contributed by atoms with Gasteiger partial charge in [-0.05, 0) is 72.8 Å². The highest BCUT2D eigenvalue weighted by molar-refractivity contribution is 7.87. The number of rotatable bonds is 10. The van der Waals surface area contributed by atoms with E-state index in [4.69, 9.17) is 84.1 Å². The summed E-state index contributed by atoms with van der Waals surface area (Å²) in [5.41, 5.74) is 1.89. The van der Waals surface area contributed by atoms with E-state index in [0.717, 1.165) is 8.61 Å². The minimum Gasteiger partial charge on any atom is -0.271 e. The average molecular weight is 983 g/mol. The van der Waals surface area contributed by atoms with Gasteiger partial charge in [0.15, 0.2) is 23.3 Å². The first-order chi connectivity index (χ1) is 30.1. The van der Waals surface area contributed by atoms with E-state index in [1.54, 1.807) is 100 Å². The van der Waals surface area contributed by atoms with E-state index in [9.17, 15) is 0 Å². The molecule has 6 bridgehead atoms. The van der Waals surface area contributed by atoms with Gasteiger partial charge < -0.3 is 0 Å². The summed E-state index contributed by atoms with van der Waals surface area (Å²) < 4.78 is 78.7. The predicted molar refractivity (Wildman–Crippen MR) is 247 cm³/mol. The number of aromatic nitrogens is 2. The molecule has 0 amide bonds. The molecule has 4 aliphatic heterocycles. The molecule has 0 fully saturated rings. The smallest absolute Gasteiger partial charge is 0.271 e. The van der Waals surface area contributed by atoms with Crippen molar-refractivity contribution < 1.29 is 24.6 Å². The quantitative estimate of drug-likeness (QED) is 0.131. The topological polar surface area (TPSA) is 177 Å². The summed E-state index contributed by atoms with van der Waals surface area (Å²) >= 11 is 26.8. The van der Waals surface area contributed by atoms with Crippen LogP contribution in [0.3, 0.4) is 0 Å². The monoisotopic (exact) mass is 980 g/mol. The molecule has 10 rings (SSSR count). The Morgan fingerprint density at radius 3 is 1.40 bits per heavy atom. The Morgan fingerprint density at radius 2 is 0.873 bits per heavy atom. The zero-order valence-electron chi connectivity index (χ0n) is 33.5. The van der Waals surface area contributed by atoms with E-state index in [2.05, 4.69) is 0 Å². The average Bonchev–Trinajstić information content (AvgIpc) is 3.93. The van der Waals surface area contributed by atoms with Crippen molar-refractivity contribution in [2.75, 3.05) is 26.2 Å². The van der Waals surface area contributed by atoms with E-state index in [1.165, 1.54) is 8.47 Å². The van der Waals surface area contributed by atoms with Gasteiger partial charge in [0.1, 0.15) is 22.6 Å². The Kier molecular flexibility index (Phi) is 10.2. The Hall–Kier alpha value is -4.64. The molecule has 6 aromatic rings. The van der Waals surface area contributed by atoms with Crippen LogP contribution in [0.4, 0.5) is 11.6 Å². The SMILES string of the molecule is CCN(CC)S(=O)(=O)O[Si]1(OS(=O)(=O)N(CC)CC)n2c3c4cc(Cl)ccc4c2/N=C2N=C(/N=c4/c5cc(Cl)ccc5/c(n41)=N/C1=NC(=N\3)/c3ccc(Cl)cc31)c1ccc(Cl)cc1\2. The largest absolute Gasteiger partial charge is 0.634 e. The molecule has 2 aromatic heterocycles. The molecule has 0 N–H and O–H groups in total. The maximum absolute atomic E-state index is 15.1. The summed E-state index contributed by atoms with van der Waals surface area (Å²) in [6.07, 6.45) is 0. The van der Waals surface area contributed by atoms with Gasteiger partial charge in [-0.3, -0.25) is 8.47 Å². The minimum atomic E-state index is -5.80. The highest BCUT2D eigenvalue weighted by Crippen LogP contribution is 2.45. The number of hydrogen-bond acceptors (Lipinski definition) is 12. The van der Waals surface area contributed by atoms with Gasteiger partial charge in [-0.25, -0.2) is 37.7 Å². The minimum absolute atomic E-state index is 0.0446. The fraction of sp³-hybridized carbons (Fsp3) is 0.200. The van der Waals surface area contributed by atoms with Crippen LogP contribution in [0.5, 0.6) is 0 Å². The van der Waals surface area contributed by atoms with E-state index >= 15 is 16.8 Å². The van der Waals surface area contributed by atoms with Gasteiger partial charge in [0, 0.05) is 90.1 Å². The molecule has 23 heteroatoms. The molecule has 4 aliphatic rings. The third-order valence-electron chi connectivity index (χ3n) is 11.0. The van der Waals surface area contributed by atoms with Gasteiger partial charge in [-0.15, -0.1) is 0 Å². The van der Waals surface area contributed by atoms with Gasteiger partial charge in [0.25, 0.3) is 0 Å². The summed E-state index contributed by atoms with van der Waals surface area (Å²) in [4.78, 5) is 30.5. The van der Waals surface area contributed by atoms with Crippen molar-refractivity contribution in [2.45, 2.75) is 27.7 Å². The molecule has 0 aliphatic carbocycles. The van der Waals surface area contributed by atoms with Crippen LogP contribution in [0.1, 0.15) is 49.9 Å². The highest BCUT2D eigenvalue weighted by Gasteiger charge is 2.60. The summed E-state index contributed by atoms with van der Waals surface area (Å²) in [5.74, 6) is 0.378. The van der Waals surface area contributed by atoms with Gasteiger partial charge in [-0.2, -0.15) is 25.4 Å². The van der Waals surface area contributed by atoms with Crippen molar-refractivity contribution in [3.8, 4) is 0 Å². The zero-order valence-corrected chi connectivity index (χ0v) is 39.2. The molecule has 0 radical (unpaired) electrons. The molecule has 0 atom stereocenters. The van der Waals surface area contributed by atoms with Crippen LogP contribution in [0.15, 0.2) is 103 Å². The van der Waals surface area contributed by atoms with Crippen molar-refractivity contribution in [1.82, 2.24) is 17.1 Å². The number of nitrogens with zero attached hydrogens (tertiary/aromatic N) is 10. The van der Waals surface area contributed by atoms with E-state index < -0.39 is 29.5 Å². The van der Waals surface area contributed by atoms with Crippen LogP contribution >= 0.6 is 46.4 Å². The Labute approximate surface area is 381 Å². The van der Waals surface area contributed by atoms with E-state index in [0.29, 0.717) is 53.8 Å². The fourth-order valence-electron chi connectivity index (χ4n) is 8.15. The van der Waals surface area contributed by atoms with E-state index in [-0.39, 0.29) is 82.2 Å². The van der Waals surface area contributed by atoms with Crippen LogP contribution in [0.2, 0.25) is 20.1 Å². The number of fused-ring (bicyclic) bond motifs is 14. The fourth-order valence-corrected chi connectivity index (χ4v) is 16.6. The summed E-state index contributed by atoms with van der Waals surface area (Å²) in [6.45, 7) is 6.28. The van der Waals surface area contributed by atoms with Crippen LogP contribution in [0.25, 0.3) is 21.5 Å². The lowest BCUT2D eigenvalue weighted by molar-refractivity contribution is 0.290. The molecular weight excluding hydrogens is 951 g/mol. The Balaban J connectivity index is 1.56. The van der Waals surface area contributed by atoms with Gasteiger partial charge in [-0.1, -0.05) is 74.1 Å². The van der Waals surface area contributed by atoms with Crippen molar-refractivity contribution in [2.24, 2.45) is 30.0 Å². The molecule has 16 nitrogen and oxygen atoms in total. The predicted octanol–water partition coefficient (Wildman–Crippen LogP) is 7.19. The van der Waals surface area contributed by atoms with Crippen LogP contribution in [0, 0.1) is 0 Å². The Morgan fingerprint density at radius 1 is 0.476 bits per heavy atom. The van der Waals surface area contributed by atoms with Crippen LogP contribution in [-0.2, 0) is 28.4 Å². The lowest BCUT2D eigenvalue weighted by atomic mass is 10.1. The second-order valence-electron chi connectivity index (χ2n) is 14.5. The number of halogens is 4. The Bertz CT molecular complexity index is 3480. The molecule has 0 spiro atoms. The molecule has 6 heterocycles. The summed E-state index contributed by atoms with van der Waals surface area (Å²) in [7, 11) is -15.8. The standard InChI is InChI=1S/C40H32Cl4N10O6S2Si/c1-5-51(6-2)61(55,56)59-63(60-62(57,58)52(7-3)8-4)53-38-27-15-11-23(43)19-31(27)39(53)47-33-25-13-9-21(41)17-29(25)35(45-33)49-37-28-16-12-24(44)20-32(28)40(54(37)63)48-34-26-14-10-22(42)18-30(26)36(46-34)50-38/h9-20H,5-8H2,1-4H3/b47-33-,47-39?,48-34?,48-40-,49-35?,49-37-,50-36-,50-38?. The molecule has 0 unspecified atom stereocenters. The van der Waals surface area contributed by atoms with Gasteiger partial charge in [0.2, 0.25) is 0 Å². The molecular formula is C40H32Cl4N10O6S2Si. The van der Waals surface area contributed by atoms with Crippen LogP contribution < -0.4 is 11.0 Å². The molecule has 322 valence electrons. The van der Waals surface area contributed by atoms with Crippen molar-refractivity contribution in [3.05, 3.63) is 126 Å². The number of aliphatic imine (C=N–C) groups is 4. The second-order valence-corrected chi connectivity index (χ2v) is 22.3.